The predicted octanol–water partition coefficient (Wildman–Crippen LogP) is 10.3. The van der Waals surface area contributed by atoms with Crippen LogP contribution in [0.4, 0.5) is 0 Å². The second kappa shape index (κ2) is 34.2. The van der Waals surface area contributed by atoms with E-state index in [4.69, 9.17) is 9.47 Å². The molecule has 6 nitrogen and oxygen atoms in total. The number of allylic oxidation sites excluding steroid dienone is 7. The number of carbonyl (C=O) groups is 2. The van der Waals surface area contributed by atoms with Crippen LogP contribution in [0.2, 0.25) is 0 Å². The van der Waals surface area contributed by atoms with Gasteiger partial charge in [-0.3, -0.25) is 9.59 Å². The van der Waals surface area contributed by atoms with Gasteiger partial charge in [-0.25, -0.2) is 0 Å². The number of rotatable bonds is 32. The van der Waals surface area contributed by atoms with E-state index in [0.717, 1.165) is 63.7 Å². The van der Waals surface area contributed by atoms with E-state index >= 15 is 0 Å². The summed E-state index contributed by atoms with van der Waals surface area (Å²) in [5.41, 5.74) is 0. The second-order valence-electron chi connectivity index (χ2n) is 12.8. The number of ether oxygens (including phenoxy) is 2. The lowest BCUT2D eigenvalue weighted by Crippen LogP contribution is -2.25. The molecule has 0 heterocycles. The fourth-order valence-corrected chi connectivity index (χ4v) is 4.93. The Morgan fingerprint density at radius 2 is 1.13 bits per heavy atom. The summed E-state index contributed by atoms with van der Waals surface area (Å²) >= 11 is 0. The van der Waals surface area contributed by atoms with Crippen LogP contribution in [0.3, 0.4) is 0 Å². The summed E-state index contributed by atoms with van der Waals surface area (Å²) in [5, 5.41) is 19.8. The lowest BCUT2D eigenvalue weighted by atomic mass is 9.99. The summed E-state index contributed by atoms with van der Waals surface area (Å²) in [7, 11) is 0. The topological polar surface area (TPSA) is 93.1 Å². The zero-order valence-corrected chi connectivity index (χ0v) is 29.8. The fourth-order valence-electron chi connectivity index (χ4n) is 4.93. The molecule has 2 N–H and O–H groups in total. The van der Waals surface area contributed by atoms with Crippen LogP contribution in [0, 0.1) is 5.92 Å². The van der Waals surface area contributed by atoms with Crippen molar-refractivity contribution in [2.45, 2.75) is 174 Å². The molecule has 0 aliphatic carbocycles. The van der Waals surface area contributed by atoms with Crippen molar-refractivity contribution >= 4 is 11.9 Å². The first-order chi connectivity index (χ1) is 22.4. The first-order valence-electron chi connectivity index (χ1n) is 18.7. The molecule has 0 aromatic carbocycles. The van der Waals surface area contributed by atoms with E-state index in [1.54, 1.807) is 0 Å². The van der Waals surface area contributed by atoms with Crippen molar-refractivity contribution in [2.24, 2.45) is 5.92 Å². The smallest absolute Gasteiger partial charge is 0.305 e. The van der Waals surface area contributed by atoms with Gasteiger partial charge in [-0.15, -0.1) is 0 Å². The van der Waals surface area contributed by atoms with Crippen LogP contribution < -0.4 is 0 Å². The minimum Gasteiger partial charge on any atom is -0.463 e. The van der Waals surface area contributed by atoms with Gasteiger partial charge in [0.05, 0.1) is 6.10 Å². The maximum Gasteiger partial charge on any atom is 0.305 e. The van der Waals surface area contributed by atoms with E-state index in [1.165, 1.54) is 64.2 Å². The monoisotopic (exact) mass is 647 g/mol. The highest BCUT2D eigenvalue weighted by Crippen LogP contribution is 2.15. The summed E-state index contributed by atoms with van der Waals surface area (Å²) in [6.07, 6.45) is 37.7. The molecule has 46 heavy (non-hydrogen) atoms. The number of unbranched alkanes of at least 4 members (excludes halogenated alkanes) is 12. The SMILES string of the molecule is CCCCC[C@@H](O)/C=C/C=C\C/C=C\C/C=C\CCCC(=O)OC[C@@H](O)COC(=O)CCCCCCCCCCCCC(C)CC. The van der Waals surface area contributed by atoms with Gasteiger partial charge in [-0.05, 0) is 44.4 Å². The fraction of sp³-hybridized carbons (Fsp3) is 0.750. The Bertz CT molecular complexity index is 815. The Balaban J connectivity index is 3.61. The van der Waals surface area contributed by atoms with Crippen LogP contribution in [0.15, 0.2) is 48.6 Å². The van der Waals surface area contributed by atoms with Crippen molar-refractivity contribution in [3.05, 3.63) is 48.6 Å². The maximum absolute atomic E-state index is 11.9. The normalized spacial score (nSPS) is 14.1. The van der Waals surface area contributed by atoms with Crippen molar-refractivity contribution < 1.29 is 29.3 Å². The average molecular weight is 647 g/mol. The highest BCUT2D eigenvalue weighted by Gasteiger charge is 2.12. The minimum atomic E-state index is -0.998. The molecular weight excluding hydrogens is 576 g/mol. The van der Waals surface area contributed by atoms with Gasteiger partial charge in [0.1, 0.15) is 19.3 Å². The van der Waals surface area contributed by atoms with Gasteiger partial charge in [-0.1, -0.05) is 159 Å². The Kier molecular flexibility index (Phi) is 32.5. The molecule has 0 aromatic heterocycles. The first kappa shape index (κ1) is 43.8. The lowest BCUT2D eigenvalue weighted by Gasteiger charge is -2.12. The third-order valence-corrected chi connectivity index (χ3v) is 8.21. The Morgan fingerprint density at radius 3 is 1.74 bits per heavy atom. The molecule has 0 radical (unpaired) electrons. The molecule has 0 amide bonds. The van der Waals surface area contributed by atoms with E-state index in [9.17, 15) is 19.8 Å². The Morgan fingerprint density at radius 1 is 0.609 bits per heavy atom. The van der Waals surface area contributed by atoms with Gasteiger partial charge in [0.25, 0.3) is 0 Å². The maximum atomic E-state index is 11.9. The summed E-state index contributed by atoms with van der Waals surface area (Å²) in [5.74, 6) is 0.215. The van der Waals surface area contributed by atoms with E-state index < -0.39 is 6.10 Å². The van der Waals surface area contributed by atoms with E-state index in [-0.39, 0.29) is 37.7 Å². The van der Waals surface area contributed by atoms with Crippen LogP contribution in [-0.4, -0.2) is 47.6 Å². The van der Waals surface area contributed by atoms with Gasteiger partial charge in [-0.2, -0.15) is 0 Å². The largest absolute Gasteiger partial charge is 0.463 e. The van der Waals surface area contributed by atoms with E-state index in [0.29, 0.717) is 12.8 Å². The summed E-state index contributed by atoms with van der Waals surface area (Å²) in [6, 6.07) is 0. The highest BCUT2D eigenvalue weighted by atomic mass is 16.6. The van der Waals surface area contributed by atoms with Crippen LogP contribution >= 0.6 is 0 Å². The molecule has 0 aromatic rings. The van der Waals surface area contributed by atoms with Gasteiger partial charge < -0.3 is 19.7 Å². The molecule has 0 fully saturated rings. The van der Waals surface area contributed by atoms with Gasteiger partial charge >= 0.3 is 11.9 Å². The van der Waals surface area contributed by atoms with E-state index in [2.05, 4.69) is 51.2 Å². The van der Waals surface area contributed by atoms with Gasteiger partial charge in [0, 0.05) is 12.8 Å². The molecule has 0 saturated carbocycles. The molecule has 0 bridgehead atoms. The number of esters is 2. The van der Waals surface area contributed by atoms with Crippen LogP contribution in [0.25, 0.3) is 0 Å². The third kappa shape index (κ3) is 33.2. The first-order valence-corrected chi connectivity index (χ1v) is 18.7. The predicted molar refractivity (Wildman–Crippen MR) is 193 cm³/mol. The molecule has 1 unspecified atom stereocenters. The Hall–Kier alpha value is -2.18. The number of hydrogen-bond donors (Lipinski definition) is 2. The summed E-state index contributed by atoms with van der Waals surface area (Å²) in [6.45, 7) is 6.48. The second-order valence-corrected chi connectivity index (χ2v) is 12.8. The van der Waals surface area contributed by atoms with Gasteiger partial charge in [0.15, 0.2) is 0 Å². The van der Waals surface area contributed by atoms with Crippen LogP contribution in [-0.2, 0) is 19.1 Å². The quantitative estimate of drug-likeness (QED) is 0.0327. The summed E-state index contributed by atoms with van der Waals surface area (Å²) in [4.78, 5) is 23.9. The molecule has 6 heteroatoms. The molecule has 266 valence electrons. The number of aliphatic hydroxyl groups excluding tert-OH is 2. The van der Waals surface area contributed by atoms with Crippen LogP contribution in [0.5, 0.6) is 0 Å². The number of hydrogen-bond acceptors (Lipinski definition) is 6. The Labute approximate surface area is 282 Å². The molecule has 0 spiro atoms. The third-order valence-electron chi connectivity index (χ3n) is 8.21. The highest BCUT2D eigenvalue weighted by molar-refractivity contribution is 5.69. The van der Waals surface area contributed by atoms with Crippen molar-refractivity contribution in [1.29, 1.82) is 0 Å². The molecule has 0 aliphatic rings. The average Bonchev–Trinajstić information content (AvgIpc) is 3.05. The van der Waals surface area contributed by atoms with Crippen LogP contribution in [0.1, 0.15) is 162 Å². The molecule has 0 saturated heterocycles. The standard InChI is InChI=1S/C40H70O6/c1-4-6-24-30-37(41)31-26-21-17-13-8-7-9-14-18-22-27-32-39(43)45-34-38(42)35-46-40(44)33-28-23-19-15-11-10-12-16-20-25-29-36(3)5-2/h7-8,14,17-18,21,26,31,36-38,41-42H,4-6,9-13,15-16,19-20,22-25,27-30,32-35H2,1-3H3/b8-7-,18-14-,21-17-,31-26+/t36?,37-,38-/m1/s1. The van der Waals surface area contributed by atoms with Crippen molar-refractivity contribution in [1.82, 2.24) is 0 Å². The zero-order valence-electron chi connectivity index (χ0n) is 29.8. The lowest BCUT2D eigenvalue weighted by molar-refractivity contribution is -0.152. The minimum absolute atomic E-state index is 0.144. The zero-order chi connectivity index (χ0) is 33.9. The number of carbonyl (C=O) groups excluding carboxylic acids is 2. The van der Waals surface area contributed by atoms with Crippen molar-refractivity contribution in [3.63, 3.8) is 0 Å². The number of aliphatic hydroxyl groups is 2. The van der Waals surface area contributed by atoms with Crippen molar-refractivity contribution in [2.75, 3.05) is 13.2 Å². The molecule has 3 atom stereocenters. The molecule has 0 aliphatic heterocycles. The molecule has 0 rings (SSSR count). The van der Waals surface area contributed by atoms with Crippen molar-refractivity contribution in [3.8, 4) is 0 Å². The summed E-state index contributed by atoms with van der Waals surface area (Å²) < 4.78 is 10.3. The van der Waals surface area contributed by atoms with Gasteiger partial charge in [0.2, 0.25) is 0 Å². The molecular formula is C40H70O6. The van der Waals surface area contributed by atoms with E-state index in [1.807, 2.05) is 18.2 Å².